The average Bonchev–Trinajstić information content (AvgIpc) is 2.56. The van der Waals surface area contributed by atoms with Crippen LogP contribution in [-0.2, 0) is 11.2 Å². The number of hydrogen-bond acceptors (Lipinski definition) is 4. The predicted molar refractivity (Wildman–Crippen MR) is 83.5 cm³/mol. The molecular formula is C17H18N2O3. The highest BCUT2D eigenvalue weighted by Crippen LogP contribution is 2.20. The average molecular weight is 298 g/mol. The summed E-state index contributed by atoms with van der Waals surface area (Å²) in [5, 5.41) is 9.24. The minimum atomic E-state index is -0.938. The van der Waals surface area contributed by atoms with Crippen molar-refractivity contribution in [2.45, 2.75) is 6.42 Å². The fraction of sp³-hybridized carbons (Fsp3) is 0.294. The Morgan fingerprint density at radius 2 is 2.05 bits per heavy atom. The highest BCUT2D eigenvalue weighted by atomic mass is 16.5. The van der Waals surface area contributed by atoms with E-state index < -0.39 is 5.97 Å². The number of nitrogens with zero attached hydrogens (tertiary/aromatic N) is 2. The third-order valence-electron chi connectivity index (χ3n) is 3.78. The molecule has 0 aliphatic carbocycles. The summed E-state index contributed by atoms with van der Waals surface area (Å²) in [6.45, 7) is 3.25. The van der Waals surface area contributed by atoms with E-state index in [1.165, 1.54) is 0 Å². The van der Waals surface area contributed by atoms with Crippen LogP contribution in [0.15, 0.2) is 42.6 Å². The first-order valence-electron chi connectivity index (χ1n) is 7.33. The lowest BCUT2D eigenvalue weighted by molar-refractivity contribution is 0.0695. The van der Waals surface area contributed by atoms with E-state index in [0.29, 0.717) is 12.1 Å². The molecule has 0 saturated carbocycles. The van der Waals surface area contributed by atoms with Crippen molar-refractivity contribution in [1.29, 1.82) is 0 Å². The van der Waals surface area contributed by atoms with E-state index in [0.717, 1.165) is 37.6 Å². The van der Waals surface area contributed by atoms with Crippen LogP contribution in [-0.4, -0.2) is 42.4 Å². The molecule has 22 heavy (non-hydrogen) atoms. The Bertz CT molecular complexity index is 666. The van der Waals surface area contributed by atoms with Crippen molar-refractivity contribution < 1.29 is 14.6 Å². The second-order valence-corrected chi connectivity index (χ2v) is 5.25. The van der Waals surface area contributed by atoms with Crippen molar-refractivity contribution >= 4 is 11.7 Å². The summed E-state index contributed by atoms with van der Waals surface area (Å²) in [4.78, 5) is 17.8. The van der Waals surface area contributed by atoms with Crippen LogP contribution in [0.25, 0.3) is 0 Å². The Morgan fingerprint density at radius 1 is 1.23 bits per heavy atom. The summed E-state index contributed by atoms with van der Waals surface area (Å²) < 4.78 is 5.37. The van der Waals surface area contributed by atoms with Crippen molar-refractivity contribution in [2.24, 2.45) is 0 Å². The third kappa shape index (κ3) is 3.26. The highest BCUT2D eigenvalue weighted by molar-refractivity contribution is 5.88. The number of aromatic nitrogens is 1. The van der Waals surface area contributed by atoms with Crippen molar-refractivity contribution in [1.82, 2.24) is 4.98 Å². The number of carboxylic acids is 1. The van der Waals surface area contributed by atoms with E-state index in [-0.39, 0.29) is 5.56 Å². The van der Waals surface area contributed by atoms with Gasteiger partial charge in [-0.25, -0.2) is 4.79 Å². The van der Waals surface area contributed by atoms with Crippen LogP contribution in [0.5, 0.6) is 0 Å². The van der Waals surface area contributed by atoms with E-state index in [4.69, 9.17) is 4.74 Å². The maximum absolute atomic E-state index is 11.3. The molecule has 0 radical (unpaired) electrons. The zero-order valence-electron chi connectivity index (χ0n) is 12.2. The fourth-order valence-corrected chi connectivity index (χ4v) is 2.65. The first-order chi connectivity index (χ1) is 10.7. The molecule has 1 saturated heterocycles. The molecule has 5 heteroatoms. The van der Waals surface area contributed by atoms with Gasteiger partial charge in [-0.3, -0.25) is 4.98 Å². The van der Waals surface area contributed by atoms with Crippen LogP contribution < -0.4 is 4.90 Å². The monoisotopic (exact) mass is 298 g/mol. The molecule has 0 unspecified atom stereocenters. The van der Waals surface area contributed by atoms with Gasteiger partial charge in [-0.2, -0.15) is 0 Å². The maximum atomic E-state index is 11.3. The predicted octanol–water partition coefficient (Wildman–Crippen LogP) is 2.21. The van der Waals surface area contributed by atoms with Gasteiger partial charge in [-0.15, -0.1) is 0 Å². The highest BCUT2D eigenvalue weighted by Gasteiger charge is 2.14. The third-order valence-corrected chi connectivity index (χ3v) is 3.78. The van der Waals surface area contributed by atoms with Gasteiger partial charge in [-0.1, -0.05) is 12.1 Å². The molecule has 0 spiro atoms. The number of carbonyl (C=O) groups is 1. The largest absolute Gasteiger partial charge is 0.478 e. The van der Waals surface area contributed by atoms with Crippen LogP contribution in [0.1, 0.15) is 21.6 Å². The summed E-state index contributed by atoms with van der Waals surface area (Å²) in [7, 11) is 0. The first-order valence-corrected chi connectivity index (χ1v) is 7.33. The molecule has 1 fully saturated rings. The molecule has 2 heterocycles. The quantitative estimate of drug-likeness (QED) is 0.937. The van der Waals surface area contributed by atoms with E-state index in [1.54, 1.807) is 18.3 Å². The Morgan fingerprint density at radius 3 is 2.82 bits per heavy atom. The maximum Gasteiger partial charge on any atom is 0.337 e. The Kier molecular flexibility index (Phi) is 4.34. The van der Waals surface area contributed by atoms with Crippen LogP contribution >= 0.6 is 0 Å². The Balaban J connectivity index is 1.82. The van der Waals surface area contributed by atoms with Crippen molar-refractivity contribution in [3.05, 3.63) is 59.4 Å². The van der Waals surface area contributed by atoms with Gasteiger partial charge in [0, 0.05) is 31.4 Å². The molecule has 1 aliphatic rings. The smallest absolute Gasteiger partial charge is 0.337 e. The van der Waals surface area contributed by atoms with Crippen LogP contribution in [0, 0.1) is 0 Å². The van der Waals surface area contributed by atoms with E-state index >= 15 is 0 Å². The molecule has 2 aromatic rings. The number of benzene rings is 1. The van der Waals surface area contributed by atoms with Crippen LogP contribution in [0.4, 0.5) is 5.69 Å². The van der Waals surface area contributed by atoms with Gasteiger partial charge >= 0.3 is 5.97 Å². The summed E-state index contributed by atoms with van der Waals surface area (Å²) in [5.41, 5.74) is 3.06. The Labute approximate surface area is 129 Å². The second kappa shape index (κ2) is 6.58. The number of hydrogen-bond donors (Lipinski definition) is 1. The van der Waals surface area contributed by atoms with Gasteiger partial charge < -0.3 is 14.7 Å². The van der Waals surface area contributed by atoms with Crippen molar-refractivity contribution in [3.63, 3.8) is 0 Å². The van der Waals surface area contributed by atoms with Crippen LogP contribution in [0.3, 0.4) is 0 Å². The number of carboxylic acid groups (broad SMARTS) is 1. The summed E-state index contributed by atoms with van der Waals surface area (Å²) in [6.07, 6.45) is 2.15. The molecule has 1 aliphatic heterocycles. The molecule has 1 aromatic heterocycles. The standard InChI is InChI=1S/C17H18N2O3/c20-17(21)15-5-2-6-18-16(15)12-13-3-1-4-14(11-13)19-7-9-22-10-8-19/h1-6,11H,7-10,12H2,(H,20,21). The molecular weight excluding hydrogens is 280 g/mol. The van der Waals surface area contributed by atoms with E-state index in [9.17, 15) is 9.90 Å². The molecule has 1 aromatic carbocycles. The molecule has 3 rings (SSSR count). The number of anilines is 1. The van der Waals surface area contributed by atoms with Gasteiger partial charge in [0.2, 0.25) is 0 Å². The summed E-state index contributed by atoms with van der Waals surface area (Å²) >= 11 is 0. The summed E-state index contributed by atoms with van der Waals surface area (Å²) in [5.74, 6) is -0.938. The molecule has 5 nitrogen and oxygen atoms in total. The van der Waals surface area contributed by atoms with Gasteiger partial charge in [0.15, 0.2) is 0 Å². The lowest BCUT2D eigenvalue weighted by Crippen LogP contribution is -2.36. The van der Waals surface area contributed by atoms with Crippen LogP contribution in [0.2, 0.25) is 0 Å². The second-order valence-electron chi connectivity index (χ2n) is 5.25. The normalized spacial score (nSPS) is 14.8. The van der Waals surface area contributed by atoms with Gasteiger partial charge in [0.25, 0.3) is 0 Å². The molecule has 0 atom stereocenters. The van der Waals surface area contributed by atoms with E-state index in [2.05, 4.69) is 22.0 Å². The van der Waals surface area contributed by atoms with Gasteiger partial charge in [0.05, 0.1) is 24.5 Å². The number of ether oxygens (including phenoxy) is 1. The van der Waals surface area contributed by atoms with Gasteiger partial charge in [0.1, 0.15) is 0 Å². The topological polar surface area (TPSA) is 62.7 Å². The Hall–Kier alpha value is -2.40. The number of rotatable bonds is 4. The number of morpholine rings is 1. The molecule has 1 N–H and O–H groups in total. The summed E-state index contributed by atoms with van der Waals surface area (Å²) in [6, 6.07) is 11.4. The number of aromatic carboxylic acids is 1. The first kappa shape index (κ1) is 14.5. The van der Waals surface area contributed by atoms with Crippen molar-refractivity contribution in [2.75, 3.05) is 31.2 Å². The lowest BCUT2D eigenvalue weighted by Gasteiger charge is -2.29. The fourth-order valence-electron chi connectivity index (χ4n) is 2.65. The lowest BCUT2D eigenvalue weighted by atomic mass is 10.0. The molecule has 0 amide bonds. The molecule has 0 bridgehead atoms. The zero-order chi connectivity index (χ0) is 15.4. The zero-order valence-corrected chi connectivity index (χ0v) is 12.2. The molecule has 114 valence electrons. The minimum absolute atomic E-state index is 0.263. The van der Waals surface area contributed by atoms with Gasteiger partial charge in [-0.05, 0) is 29.8 Å². The minimum Gasteiger partial charge on any atom is -0.478 e. The SMILES string of the molecule is O=C(O)c1cccnc1Cc1cccc(N2CCOCC2)c1. The van der Waals surface area contributed by atoms with Crippen molar-refractivity contribution in [3.8, 4) is 0 Å². The van der Waals surface area contributed by atoms with E-state index in [1.807, 2.05) is 12.1 Å². The number of pyridine rings is 1.